The Kier molecular flexibility index (Phi) is 5.47. The minimum absolute atomic E-state index is 0.194. The Bertz CT molecular complexity index is 723. The molecule has 0 atom stereocenters. The van der Waals surface area contributed by atoms with Gasteiger partial charge in [-0.2, -0.15) is 0 Å². The van der Waals surface area contributed by atoms with Gasteiger partial charge in [0.15, 0.2) is 11.5 Å². The van der Waals surface area contributed by atoms with E-state index in [1.165, 1.54) is 13.1 Å². The van der Waals surface area contributed by atoms with Crippen molar-refractivity contribution in [3.8, 4) is 0 Å². The third-order valence-electron chi connectivity index (χ3n) is 3.75. The molecule has 0 fully saturated rings. The lowest BCUT2D eigenvalue weighted by Gasteiger charge is -2.20. The Labute approximate surface area is 141 Å². The number of aryl methyl sites for hydroxylation is 2. The van der Waals surface area contributed by atoms with Crippen LogP contribution in [0.3, 0.4) is 0 Å². The SMILES string of the molecule is CNC(=O)c1ccc(NC(=O)N(C)Cc2c(C)cccc2C)nn1. The van der Waals surface area contributed by atoms with Crippen molar-refractivity contribution in [2.75, 3.05) is 19.4 Å². The summed E-state index contributed by atoms with van der Waals surface area (Å²) in [4.78, 5) is 25.3. The van der Waals surface area contributed by atoms with Gasteiger partial charge in [-0.15, -0.1) is 10.2 Å². The van der Waals surface area contributed by atoms with Crippen LogP contribution in [0.15, 0.2) is 30.3 Å². The standard InChI is InChI=1S/C17H21N5O2/c1-11-6-5-7-12(2)13(11)10-22(4)17(24)19-15-9-8-14(20-21-15)16(23)18-3/h5-9H,10H2,1-4H3,(H,18,23)(H,19,21,24). The van der Waals surface area contributed by atoms with Crippen LogP contribution in [0.1, 0.15) is 27.2 Å². The quantitative estimate of drug-likeness (QED) is 0.900. The van der Waals surface area contributed by atoms with Gasteiger partial charge in [0, 0.05) is 20.6 Å². The number of nitrogens with zero attached hydrogens (tertiary/aromatic N) is 3. The van der Waals surface area contributed by atoms with Gasteiger partial charge in [-0.1, -0.05) is 18.2 Å². The number of hydrogen-bond donors (Lipinski definition) is 2. The van der Waals surface area contributed by atoms with Gasteiger partial charge in [0.1, 0.15) is 0 Å². The molecule has 126 valence electrons. The number of benzene rings is 1. The van der Waals surface area contributed by atoms with Crippen molar-refractivity contribution < 1.29 is 9.59 Å². The van der Waals surface area contributed by atoms with Crippen LogP contribution in [0.4, 0.5) is 10.6 Å². The first kappa shape index (κ1) is 17.4. The molecule has 3 amide bonds. The van der Waals surface area contributed by atoms with Crippen LogP contribution in [-0.4, -0.2) is 41.1 Å². The van der Waals surface area contributed by atoms with Gasteiger partial charge >= 0.3 is 6.03 Å². The van der Waals surface area contributed by atoms with Gasteiger partial charge in [0.05, 0.1) is 0 Å². The van der Waals surface area contributed by atoms with E-state index in [9.17, 15) is 9.59 Å². The van der Waals surface area contributed by atoms with Crippen molar-refractivity contribution in [3.05, 3.63) is 52.7 Å². The molecule has 0 saturated carbocycles. The van der Waals surface area contributed by atoms with Crippen molar-refractivity contribution in [2.24, 2.45) is 0 Å². The number of anilines is 1. The van der Waals surface area contributed by atoms with E-state index >= 15 is 0 Å². The molecule has 0 spiro atoms. The van der Waals surface area contributed by atoms with E-state index in [2.05, 4.69) is 20.8 Å². The second-order valence-electron chi connectivity index (χ2n) is 5.54. The van der Waals surface area contributed by atoms with Crippen LogP contribution in [0.25, 0.3) is 0 Å². The van der Waals surface area contributed by atoms with E-state index in [4.69, 9.17) is 0 Å². The number of carbonyl (C=O) groups is 2. The van der Waals surface area contributed by atoms with E-state index in [1.54, 1.807) is 18.0 Å². The second kappa shape index (κ2) is 7.54. The molecule has 2 aromatic rings. The molecule has 0 aliphatic carbocycles. The maximum absolute atomic E-state index is 12.3. The Morgan fingerprint density at radius 3 is 2.29 bits per heavy atom. The molecule has 1 aromatic heterocycles. The Morgan fingerprint density at radius 1 is 1.08 bits per heavy atom. The number of amides is 3. The van der Waals surface area contributed by atoms with Gasteiger partial charge < -0.3 is 10.2 Å². The molecular formula is C17H21N5O2. The summed E-state index contributed by atoms with van der Waals surface area (Å²) in [6, 6.07) is 8.81. The molecule has 0 aliphatic rings. The Hall–Kier alpha value is -2.96. The average Bonchev–Trinajstić information content (AvgIpc) is 2.58. The van der Waals surface area contributed by atoms with Crippen LogP contribution in [0.2, 0.25) is 0 Å². The molecule has 0 aliphatic heterocycles. The van der Waals surface area contributed by atoms with Crippen LogP contribution < -0.4 is 10.6 Å². The lowest BCUT2D eigenvalue weighted by molar-refractivity contribution is 0.0957. The summed E-state index contributed by atoms with van der Waals surface area (Å²) in [5.74, 6) is -0.0338. The monoisotopic (exact) mass is 327 g/mol. The Morgan fingerprint density at radius 2 is 1.75 bits per heavy atom. The zero-order chi connectivity index (χ0) is 17.7. The van der Waals surface area contributed by atoms with Gasteiger partial charge in [-0.3, -0.25) is 10.1 Å². The predicted octanol–water partition coefficient (Wildman–Crippen LogP) is 2.12. The predicted molar refractivity (Wildman–Crippen MR) is 91.8 cm³/mol. The van der Waals surface area contributed by atoms with Crippen molar-refractivity contribution in [2.45, 2.75) is 20.4 Å². The zero-order valence-corrected chi connectivity index (χ0v) is 14.3. The van der Waals surface area contributed by atoms with Crippen LogP contribution in [-0.2, 0) is 6.54 Å². The number of hydrogen-bond acceptors (Lipinski definition) is 4. The van der Waals surface area contributed by atoms with E-state index < -0.39 is 0 Å². The van der Waals surface area contributed by atoms with Gasteiger partial charge in [-0.05, 0) is 42.7 Å². The lowest BCUT2D eigenvalue weighted by Crippen LogP contribution is -2.31. The summed E-state index contributed by atoms with van der Waals surface area (Å²) < 4.78 is 0. The smallest absolute Gasteiger partial charge is 0.323 e. The van der Waals surface area contributed by atoms with E-state index in [0.717, 1.165) is 16.7 Å². The van der Waals surface area contributed by atoms with E-state index in [-0.39, 0.29) is 17.6 Å². The summed E-state index contributed by atoms with van der Waals surface area (Å²) in [7, 11) is 3.23. The topological polar surface area (TPSA) is 87.2 Å². The third kappa shape index (κ3) is 4.07. The second-order valence-corrected chi connectivity index (χ2v) is 5.54. The minimum Gasteiger partial charge on any atom is -0.354 e. The number of urea groups is 1. The average molecular weight is 327 g/mol. The van der Waals surface area contributed by atoms with Gasteiger partial charge in [-0.25, -0.2) is 4.79 Å². The normalized spacial score (nSPS) is 10.2. The number of nitrogens with one attached hydrogen (secondary N) is 2. The van der Waals surface area contributed by atoms with Crippen molar-refractivity contribution in [3.63, 3.8) is 0 Å². The first-order valence-corrected chi connectivity index (χ1v) is 7.55. The highest BCUT2D eigenvalue weighted by Gasteiger charge is 2.13. The lowest BCUT2D eigenvalue weighted by atomic mass is 10.0. The molecule has 7 nitrogen and oxygen atoms in total. The molecule has 0 radical (unpaired) electrons. The molecule has 1 aromatic carbocycles. The minimum atomic E-state index is -0.326. The molecule has 0 unspecified atom stereocenters. The summed E-state index contributed by atoms with van der Waals surface area (Å²) in [5.41, 5.74) is 3.60. The van der Waals surface area contributed by atoms with Crippen molar-refractivity contribution in [1.82, 2.24) is 20.4 Å². The largest absolute Gasteiger partial charge is 0.354 e. The molecule has 2 rings (SSSR count). The molecule has 1 heterocycles. The zero-order valence-electron chi connectivity index (χ0n) is 14.3. The molecule has 7 heteroatoms. The fraction of sp³-hybridized carbons (Fsp3) is 0.294. The van der Waals surface area contributed by atoms with Crippen molar-refractivity contribution >= 4 is 17.8 Å². The van der Waals surface area contributed by atoms with Crippen molar-refractivity contribution in [1.29, 1.82) is 0 Å². The first-order chi connectivity index (χ1) is 11.4. The molecule has 0 bridgehead atoms. The Balaban J connectivity index is 2.02. The first-order valence-electron chi connectivity index (χ1n) is 7.55. The highest BCUT2D eigenvalue weighted by Crippen LogP contribution is 2.15. The molecular weight excluding hydrogens is 306 g/mol. The number of carbonyl (C=O) groups excluding carboxylic acids is 2. The maximum atomic E-state index is 12.3. The highest BCUT2D eigenvalue weighted by molar-refractivity contribution is 5.92. The number of aromatic nitrogens is 2. The van der Waals surface area contributed by atoms with Crippen LogP contribution in [0, 0.1) is 13.8 Å². The summed E-state index contributed by atoms with van der Waals surface area (Å²) in [5, 5.41) is 12.7. The van der Waals surface area contributed by atoms with E-state index in [0.29, 0.717) is 12.4 Å². The molecule has 0 saturated heterocycles. The van der Waals surface area contributed by atoms with E-state index in [1.807, 2.05) is 32.0 Å². The van der Waals surface area contributed by atoms with Gasteiger partial charge in [0.2, 0.25) is 0 Å². The van der Waals surface area contributed by atoms with Crippen LogP contribution >= 0.6 is 0 Å². The highest BCUT2D eigenvalue weighted by atomic mass is 16.2. The van der Waals surface area contributed by atoms with Crippen LogP contribution in [0.5, 0.6) is 0 Å². The summed E-state index contributed by atoms with van der Waals surface area (Å²) in [6.07, 6.45) is 0. The third-order valence-corrected chi connectivity index (χ3v) is 3.75. The number of rotatable bonds is 4. The fourth-order valence-electron chi connectivity index (χ4n) is 2.26. The maximum Gasteiger partial charge on any atom is 0.323 e. The van der Waals surface area contributed by atoms with Gasteiger partial charge in [0.25, 0.3) is 5.91 Å². The summed E-state index contributed by atoms with van der Waals surface area (Å²) >= 11 is 0. The molecule has 24 heavy (non-hydrogen) atoms. The fourth-order valence-corrected chi connectivity index (χ4v) is 2.26. The molecule has 2 N–H and O–H groups in total. The summed E-state index contributed by atoms with van der Waals surface area (Å²) in [6.45, 7) is 4.54.